The Balaban J connectivity index is 1.63. The van der Waals surface area contributed by atoms with Crippen LogP contribution >= 0.6 is 7.60 Å². The van der Waals surface area contributed by atoms with E-state index in [1.165, 1.54) is 0 Å². The minimum Gasteiger partial charge on any atom is -0.355 e. The van der Waals surface area contributed by atoms with E-state index in [-0.39, 0.29) is 13.2 Å². The van der Waals surface area contributed by atoms with Gasteiger partial charge in [-0.25, -0.2) is 9.97 Å². The second-order valence-electron chi connectivity index (χ2n) is 11.0. The molecular formula is C38H29N6O3P. The number of aromatic amines is 2. The molecule has 0 aliphatic carbocycles. The van der Waals surface area contributed by atoms with Gasteiger partial charge in [0.15, 0.2) is 0 Å². The van der Waals surface area contributed by atoms with Crippen molar-refractivity contribution in [2.75, 3.05) is 13.2 Å². The molecule has 2 aromatic carbocycles. The molecule has 5 heterocycles. The van der Waals surface area contributed by atoms with Crippen LogP contribution in [-0.4, -0.2) is 33.1 Å². The lowest BCUT2D eigenvalue weighted by molar-refractivity contribution is 0.230. The van der Waals surface area contributed by atoms with Crippen LogP contribution in [0.2, 0.25) is 0 Å². The summed E-state index contributed by atoms with van der Waals surface area (Å²) < 4.78 is 26.4. The van der Waals surface area contributed by atoms with Crippen LogP contribution in [0.1, 0.15) is 47.8 Å². The molecule has 0 saturated heterocycles. The second kappa shape index (κ2) is 12.8. The third kappa shape index (κ3) is 5.68. The average molecular weight is 649 g/mol. The lowest BCUT2D eigenvalue weighted by atomic mass is 10.0. The molecule has 0 radical (unpaired) electrons. The summed E-state index contributed by atoms with van der Waals surface area (Å²) in [5.41, 5.74) is 9.85. The Bertz CT molecular complexity index is 2360. The fourth-order valence-electron chi connectivity index (χ4n) is 5.95. The van der Waals surface area contributed by atoms with E-state index in [1.54, 1.807) is 38.1 Å². The molecule has 2 aliphatic heterocycles. The summed E-state index contributed by atoms with van der Waals surface area (Å²) in [6, 6.07) is 28.7. The van der Waals surface area contributed by atoms with E-state index in [2.05, 4.69) is 22.1 Å². The van der Waals surface area contributed by atoms with Crippen LogP contribution in [0.25, 0.3) is 68.6 Å². The van der Waals surface area contributed by atoms with Crippen LogP contribution in [0.5, 0.6) is 0 Å². The highest BCUT2D eigenvalue weighted by molar-refractivity contribution is 7.62. The highest BCUT2D eigenvalue weighted by atomic mass is 31.2. The van der Waals surface area contributed by atoms with Crippen molar-refractivity contribution in [2.45, 2.75) is 13.8 Å². The summed E-state index contributed by atoms with van der Waals surface area (Å²) in [5.74, 6) is 0. The number of aromatic nitrogens is 4. The number of fused-ring (bicyclic) bond motifs is 8. The first-order chi connectivity index (χ1) is 23.4. The maximum atomic E-state index is 14.6. The molecule has 9 nitrogen and oxygen atoms in total. The van der Waals surface area contributed by atoms with Gasteiger partial charge in [-0.1, -0.05) is 24.3 Å². The van der Waals surface area contributed by atoms with Gasteiger partial charge in [0.1, 0.15) is 5.30 Å². The normalized spacial score (nSPS) is 12.2. The fraction of sp³-hybridized carbons (Fsp3) is 0.105. The summed E-state index contributed by atoms with van der Waals surface area (Å²) in [7, 11) is -3.89. The molecule has 0 amide bonds. The molecule has 0 spiro atoms. The Labute approximate surface area is 277 Å². The van der Waals surface area contributed by atoms with Crippen LogP contribution in [-0.2, 0) is 13.6 Å². The average Bonchev–Trinajstić information content (AvgIpc) is 3.93. The lowest BCUT2D eigenvalue weighted by Crippen LogP contribution is -2.15. The van der Waals surface area contributed by atoms with Crippen LogP contribution in [0.4, 0.5) is 0 Å². The molecule has 48 heavy (non-hydrogen) atoms. The molecule has 5 aromatic rings. The van der Waals surface area contributed by atoms with E-state index in [9.17, 15) is 15.1 Å². The highest BCUT2D eigenvalue weighted by Crippen LogP contribution is 2.49. The molecule has 3 aromatic heterocycles. The molecule has 2 aliphatic rings. The predicted molar refractivity (Wildman–Crippen MR) is 190 cm³/mol. The van der Waals surface area contributed by atoms with Crippen LogP contribution in [0.3, 0.4) is 0 Å². The lowest BCUT2D eigenvalue weighted by Gasteiger charge is -2.18. The molecule has 8 bridgehead atoms. The molecule has 2 N–H and O–H groups in total. The summed E-state index contributed by atoms with van der Waals surface area (Å²) in [6.45, 7) is 3.87. The van der Waals surface area contributed by atoms with Crippen LogP contribution in [0.15, 0.2) is 78.9 Å². The van der Waals surface area contributed by atoms with Crippen molar-refractivity contribution in [1.29, 1.82) is 10.5 Å². The van der Waals surface area contributed by atoms with Crippen molar-refractivity contribution < 1.29 is 13.6 Å². The number of nitrogens with zero attached hydrogens (tertiary/aromatic N) is 4. The first-order valence-corrected chi connectivity index (χ1v) is 17.0. The maximum absolute atomic E-state index is 14.6. The van der Waals surface area contributed by atoms with Crippen molar-refractivity contribution in [3.63, 3.8) is 0 Å². The predicted octanol–water partition coefficient (Wildman–Crippen LogP) is 8.62. The van der Waals surface area contributed by atoms with E-state index >= 15 is 0 Å². The van der Waals surface area contributed by atoms with Gasteiger partial charge < -0.3 is 19.0 Å². The third-order valence-corrected chi connectivity index (χ3v) is 10.2. The van der Waals surface area contributed by atoms with Gasteiger partial charge in [0.2, 0.25) is 0 Å². The summed E-state index contributed by atoms with van der Waals surface area (Å²) >= 11 is 0. The number of H-pyrrole nitrogens is 2. The van der Waals surface area contributed by atoms with Gasteiger partial charge in [0, 0.05) is 27.7 Å². The number of hydrogen-bond donors (Lipinski definition) is 2. The topological polar surface area (TPSA) is 140 Å². The molecule has 0 saturated carbocycles. The molecule has 10 heteroatoms. The van der Waals surface area contributed by atoms with Crippen LogP contribution < -0.4 is 5.30 Å². The smallest absolute Gasteiger partial charge is 0.355 e. The van der Waals surface area contributed by atoms with E-state index in [1.807, 2.05) is 78.9 Å². The summed E-state index contributed by atoms with van der Waals surface area (Å²) in [6.07, 6.45) is 7.61. The van der Waals surface area contributed by atoms with Crippen molar-refractivity contribution in [3.8, 4) is 34.4 Å². The van der Waals surface area contributed by atoms with E-state index in [0.29, 0.717) is 33.3 Å². The van der Waals surface area contributed by atoms with Gasteiger partial charge in [-0.2, -0.15) is 10.5 Å². The minimum atomic E-state index is -3.89. The largest absolute Gasteiger partial charge is 0.365 e. The SMILES string of the molecule is CCOP(=O)(OCC)c1c2nc(c(-c3ccc(C#N)cc3)c3ccc(cc4nc(c(-c5ccc(C#N)cc5)c5ccc1[nH]5)C=C4)[nH]3)C=C2. The second-order valence-corrected chi connectivity index (χ2v) is 13.0. The Morgan fingerprint density at radius 1 is 0.646 bits per heavy atom. The number of benzene rings is 2. The van der Waals surface area contributed by atoms with Gasteiger partial charge in [0.25, 0.3) is 0 Å². The number of hydrogen-bond acceptors (Lipinski definition) is 7. The first kappa shape index (κ1) is 30.8. The monoisotopic (exact) mass is 648 g/mol. The zero-order valence-corrected chi connectivity index (χ0v) is 27.1. The Kier molecular flexibility index (Phi) is 8.19. The number of nitrogens with one attached hydrogen (secondary N) is 2. The standard InChI is InChI=1S/C38H29N6O3P/c1-3-46-48(45,47-4-2)38-34-19-17-32(43-34)36(26-9-5-24(22-39)6-10-26)30-15-13-28(41-30)21-29-14-16-31(42-29)37(33-18-20-35(38)44-33)27-11-7-25(23-40)8-12-27/h5-21,41,44H,3-4H2,1-2H3. The highest BCUT2D eigenvalue weighted by Gasteiger charge is 2.33. The fourth-order valence-corrected chi connectivity index (χ4v) is 7.79. The molecule has 0 atom stereocenters. The Morgan fingerprint density at radius 2 is 1.17 bits per heavy atom. The van der Waals surface area contributed by atoms with Crippen LogP contribution in [0, 0.1) is 22.7 Å². The van der Waals surface area contributed by atoms with E-state index in [0.717, 1.165) is 50.2 Å². The van der Waals surface area contributed by atoms with Crippen molar-refractivity contribution in [1.82, 2.24) is 19.9 Å². The summed E-state index contributed by atoms with van der Waals surface area (Å²) in [4.78, 5) is 17.0. The third-order valence-electron chi connectivity index (χ3n) is 8.03. The Hall–Kier alpha value is -5.83. The van der Waals surface area contributed by atoms with E-state index < -0.39 is 7.60 Å². The number of rotatable bonds is 7. The van der Waals surface area contributed by atoms with Gasteiger partial charge >= 0.3 is 7.60 Å². The molecular weight excluding hydrogens is 619 g/mol. The Morgan fingerprint density at radius 3 is 1.77 bits per heavy atom. The first-order valence-electron chi connectivity index (χ1n) is 15.5. The molecule has 0 fully saturated rings. The zero-order chi connectivity index (χ0) is 33.3. The van der Waals surface area contributed by atoms with Crippen molar-refractivity contribution in [2.24, 2.45) is 0 Å². The van der Waals surface area contributed by atoms with Crippen molar-refractivity contribution >= 4 is 59.3 Å². The minimum absolute atomic E-state index is 0.162. The quantitative estimate of drug-likeness (QED) is 0.165. The summed E-state index contributed by atoms with van der Waals surface area (Å²) in [5, 5.41) is 19.1. The van der Waals surface area contributed by atoms with Gasteiger partial charge in [-0.15, -0.1) is 0 Å². The van der Waals surface area contributed by atoms with Gasteiger partial charge in [-0.05, 0) is 104 Å². The van der Waals surface area contributed by atoms with E-state index in [4.69, 9.17) is 19.0 Å². The van der Waals surface area contributed by atoms with Gasteiger partial charge in [0.05, 0.1) is 64.8 Å². The zero-order valence-electron chi connectivity index (χ0n) is 26.2. The maximum Gasteiger partial charge on any atom is 0.365 e. The number of nitriles is 2. The molecule has 7 rings (SSSR count). The molecule has 0 unspecified atom stereocenters. The van der Waals surface area contributed by atoms with Gasteiger partial charge in [-0.3, -0.25) is 4.57 Å². The molecule has 234 valence electrons. The van der Waals surface area contributed by atoms with Crippen molar-refractivity contribution in [3.05, 3.63) is 113 Å².